The van der Waals surface area contributed by atoms with Crippen LogP contribution in [0.25, 0.3) is 22.0 Å². The number of nitrogens with zero attached hydrogens (tertiary/aromatic N) is 2. The summed E-state index contributed by atoms with van der Waals surface area (Å²) in [6, 6.07) is 18.2. The third-order valence-corrected chi connectivity index (χ3v) is 7.11. The number of para-hydroxylation sites is 1. The minimum absolute atomic E-state index is 0.219. The van der Waals surface area contributed by atoms with E-state index >= 15 is 0 Å². The summed E-state index contributed by atoms with van der Waals surface area (Å²) in [6.45, 7) is 5.58. The maximum absolute atomic E-state index is 14.3. The molecule has 0 amide bonds. The third-order valence-electron chi connectivity index (χ3n) is 7.11. The van der Waals surface area contributed by atoms with Gasteiger partial charge in [0.1, 0.15) is 17.4 Å². The molecule has 1 saturated heterocycles. The highest BCUT2D eigenvalue weighted by Gasteiger charge is 2.32. The largest absolute Gasteiger partial charge is 0.494 e. The van der Waals surface area contributed by atoms with Gasteiger partial charge in [-0.25, -0.2) is 8.78 Å². The lowest BCUT2D eigenvalue weighted by atomic mass is 9.94. The van der Waals surface area contributed by atoms with E-state index in [4.69, 9.17) is 4.74 Å². The van der Waals surface area contributed by atoms with Crippen LogP contribution in [0.5, 0.6) is 5.75 Å². The summed E-state index contributed by atoms with van der Waals surface area (Å²) in [5.41, 5.74) is 3.65. The minimum Gasteiger partial charge on any atom is -0.494 e. The van der Waals surface area contributed by atoms with E-state index in [1.54, 1.807) is 18.3 Å². The first kappa shape index (κ1) is 24.4. The van der Waals surface area contributed by atoms with Crippen molar-refractivity contribution in [2.75, 3.05) is 39.3 Å². The Bertz CT molecular complexity index is 1540. The molecule has 1 fully saturated rings. The molecule has 0 bridgehead atoms. The fourth-order valence-electron chi connectivity index (χ4n) is 5.30. The smallest absolute Gasteiger partial charge is 0.195 e. The molecular formula is C31H27F2N3O2. The van der Waals surface area contributed by atoms with Crippen LogP contribution in [0, 0.1) is 11.6 Å². The van der Waals surface area contributed by atoms with E-state index in [2.05, 4.69) is 15.2 Å². The van der Waals surface area contributed by atoms with Crippen molar-refractivity contribution < 1.29 is 18.3 Å². The number of ether oxygens (including phenoxy) is 1. The minimum atomic E-state index is -0.700. The van der Waals surface area contributed by atoms with Crippen molar-refractivity contribution >= 4 is 27.8 Å². The number of carbonyl (C=O) groups excluding carboxylic acids is 1. The Kier molecular flexibility index (Phi) is 6.70. The van der Waals surface area contributed by atoms with E-state index < -0.39 is 11.6 Å². The molecule has 0 saturated carbocycles. The van der Waals surface area contributed by atoms with Gasteiger partial charge >= 0.3 is 0 Å². The summed E-state index contributed by atoms with van der Waals surface area (Å²) in [7, 11) is 0. The first-order valence-electron chi connectivity index (χ1n) is 12.9. The number of halogens is 2. The van der Waals surface area contributed by atoms with Crippen LogP contribution in [0.1, 0.15) is 33.5 Å². The molecule has 1 aromatic heterocycles. The van der Waals surface area contributed by atoms with E-state index in [9.17, 15) is 13.6 Å². The molecule has 6 rings (SSSR count). The van der Waals surface area contributed by atoms with Crippen LogP contribution in [0.3, 0.4) is 0 Å². The summed E-state index contributed by atoms with van der Waals surface area (Å²) in [4.78, 5) is 20.8. The van der Waals surface area contributed by atoms with Gasteiger partial charge in [0, 0.05) is 72.6 Å². The van der Waals surface area contributed by atoms with Gasteiger partial charge in [0.2, 0.25) is 0 Å². The van der Waals surface area contributed by atoms with Crippen LogP contribution in [0.15, 0.2) is 72.9 Å². The number of piperazine rings is 1. The van der Waals surface area contributed by atoms with Gasteiger partial charge in [0.25, 0.3) is 0 Å². The highest BCUT2D eigenvalue weighted by Crippen LogP contribution is 2.44. The summed E-state index contributed by atoms with van der Waals surface area (Å²) in [5.74, 6) is -1.02. The lowest BCUT2D eigenvalue weighted by Gasteiger charge is -2.26. The number of allylic oxidation sites excluding steroid dienone is 1. The Labute approximate surface area is 219 Å². The van der Waals surface area contributed by atoms with Crippen LogP contribution >= 0.6 is 0 Å². The number of fused-ring (bicyclic) bond motifs is 2. The first-order chi connectivity index (χ1) is 18.6. The second-order valence-electron chi connectivity index (χ2n) is 9.65. The van der Waals surface area contributed by atoms with Crippen molar-refractivity contribution in [1.82, 2.24) is 15.2 Å². The predicted molar refractivity (Wildman–Crippen MR) is 144 cm³/mol. The Morgan fingerprint density at radius 2 is 1.66 bits per heavy atom. The van der Waals surface area contributed by atoms with Crippen LogP contribution in [0.2, 0.25) is 0 Å². The van der Waals surface area contributed by atoms with E-state index in [1.807, 2.05) is 36.4 Å². The number of hydrogen-bond acceptors (Lipinski definition) is 5. The quantitative estimate of drug-likeness (QED) is 0.340. The molecule has 1 N–H and O–H groups in total. The van der Waals surface area contributed by atoms with E-state index in [-0.39, 0.29) is 5.78 Å². The van der Waals surface area contributed by atoms with Crippen molar-refractivity contribution in [3.63, 3.8) is 0 Å². The zero-order chi connectivity index (χ0) is 26.1. The van der Waals surface area contributed by atoms with Crippen molar-refractivity contribution in [3.05, 3.63) is 107 Å². The molecule has 0 radical (unpaired) electrons. The number of pyridine rings is 1. The molecule has 2 heterocycles. The SMILES string of the molecule is O=C1C(c2cnc3ccccc3c2)=C(c2cc(F)cc(F)c2)c2ccc(OCCCN3CCNCC3)cc21. The number of hydrogen-bond donors (Lipinski definition) is 1. The monoisotopic (exact) mass is 511 g/mol. The highest BCUT2D eigenvalue weighted by molar-refractivity contribution is 6.41. The van der Waals surface area contributed by atoms with Gasteiger partial charge in [0.05, 0.1) is 12.1 Å². The van der Waals surface area contributed by atoms with Crippen LogP contribution in [0.4, 0.5) is 8.78 Å². The molecule has 7 heteroatoms. The molecule has 2 aliphatic rings. The number of nitrogens with one attached hydrogen (secondary N) is 1. The zero-order valence-electron chi connectivity index (χ0n) is 20.8. The topological polar surface area (TPSA) is 54.5 Å². The number of carbonyl (C=O) groups is 1. The molecule has 0 atom stereocenters. The predicted octanol–water partition coefficient (Wildman–Crippen LogP) is 5.34. The standard InChI is InChI=1S/C31H27F2N3O2/c32-23-15-21(16-24(33)17-23)29-26-7-6-25(38-13-3-10-36-11-8-34-9-12-36)18-27(26)31(37)30(29)22-14-20-4-1-2-5-28(20)35-19-22/h1-2,4-7,14-19,34H,3,8-13H2. The molecule has 0 unspecified atom stereocenters. The lowest BCUT2D eigenvalue weighted by Crippen LogP contribution is -2.43. The summed E-state index contributed by atoms with van der Waals surface area (Å²) in [6.07, 6.45) is 2.52. The van der Waals surface area contributed by atoms with Crippen molar-refractivity contribution in [3.8, 4) is 5.75 Å². The molecule has 1 aliphatic carbocycles. The average molecular weight is 512 g/mol. The van der Waals surface area contributed by atoms with Gasteiger partial charge in [0.15, 0.2) is 5.78 Å². The van der Waals surface area contributed by atoms with Crippen LogP contribution < -0.4 is 10.1 Å². The number of Topliss-reactive ketones (excluding diaryl/α,β-unsaturated/α-hetero) is 1. The Morgan fingerprint density at radius 3 is 2.47 bits per heavy atom. The fourth-order valence-corrected chi connectivity index (χ4v) is 5.30. The number of rotatable bonds is 7. The van der Waals surface area contributed by atoms with Crippen LogP contribution in [-0.4, -0.2) is 55.0 Å². The van der Waals surface area contributed by atoms with Crippen molar-refractivity contribution in [2.45, 2.75) is 6.42 Å². The maximum atomic E-state index is 14.3. The highest BCUT2D eigenvalue weighted by atomic mass is 19.1. The summed E-state index contributed by atoms with van der Waals surface area (Å²) >= 11 is 0. The summed E-state index contributed by atoms with van der Waals surface area (Å²) in [5, 5.41) is 4.22. The molecule has 4 aromatic rings. The van der Waals surface area contributed by atoms with Crippen molar-refractivity contribution in [2.24, 2.45) is 0 Å². The first-order valence-corrected chi connectivity index (χ1v) is 12.9. The van der Waals surface area contributed by atoms with Gasteiger partial charge in [-0.15, -0.1) is 0 Å². The zero-order valence-corrected chi connectivity index (χ0v) is 20.8. The van der Waals surface area contributed by atoms with E-state index in [0.29, 0.717) is 45.8 Å². The molecule has 1 aliphatic heterocycles. The molecule has 38 heavy (non-hydrogen) atoms. The van der Waals surface area contributed by atoms with E-state index in [0.717, 1.165) is 56.1 Å². The number of aromatic nitrogens is 1. The normalized spacial score (nSPS) is 15.8. The molecule has 5 nitrogen and oxygen atoms in total. The average Bonchev–Trinajstić information content (AvgIpc) is 3.22. The summed E-state index contributed by atoms with van der Waals surface area (Å²) < 4.78 is 34.6. The van der Waals surface area contributed by atoms with Gasteiger partial charge < -0.3 is 15.0 Å². The van der Waals surface area contributed by atoms with E-state index in [1.165, 1.54) is 12.1 Å². The fraction of sp³-hybridized carbons (Fsp3) is 0.226. The van der Waals surface area contributed by atoms with Gasteiger partial charge in [-0.3, -0.25) is 9.78 Å². The Morgan fingerprint density at radius 1 is 0.868 bits per heavy atom. The second kappa shape index (κ2) is 10.4. The van der Waals surface area contributed by atoms with Crippen molar-refractivity contribution in [1.29, 1.82) is 0 Å². The molecular weight excluding hydrogens is 484 g/mol. The number of benzene rings is 3. The van der Waals surface area contributed by atoms with Gasteiger partial charge in [-0.05, 0) is 60.0 Å². The lowest BCUT2D eigenvalue weighted by molar-refractivity contribution is 0.105. The molecule has 3 aromatic carbocycles. The Hall–Kier alpha value is -3.94. The van der Waals surface area contributed by atoms with Gasteiger partial charge in [-0.1, -0.05) is 18.2 Å². The van der Waals surface area contributed by atoms with Gasteiger partial charge in [-0.2, -0.15) is 0 Å². The third kappa shape index (κ3) is 4.83. The van der Waals surface area contributed by atoms with Crippen LogP contribution in [-0.2, 0) is 0 Å². The molecule has 192 valence electrons. The Balaban J connectivity index is 1.34. The maximum Gasteiger partial charge on any atom is 0.195 e. The second-order valence-corrected chi connectivity index (χ2v) is 9.65. The number of ketones is 1. The molecule has 0 spiro atoms.